The van der Waals surface area contributed by atoms with Gasteiger partial charge in [-0.25, -0.2) is 9.37 Å². The third-order valence-electron chi connectivity index (χ3n) is 2.77. The number of nitrogens with zero attached hydrogens (tertiary/aromatic N) is 1. The van der Waals surface area contributed by atoms with E-state index < -0.39 is 0 Å². The minimum Gasteiger partial charge on any atom is -0.399 e. The predicted molar refractivity (Wildman–Crippen MR) is 74.2 cm³/mol. The van der Waals surface area contributed by atoms with Crippen LogP contribution in [0, 0.1) is 12.7 Å². The van der Waals surface area contributed by atoms with E-state index in [0.29, 0.717) is 16.3 Å². The number of aromatic nitrogens is 1. The summed E-state index contributed by atoms with van der Waals surface area (Å²) in [5, 5.41) is 0.688. The molecule has 1 heterocycles. The van der Waals surface area contributed by atoms with Gasteiger partial charge in [0, 0.05) is 11.3 Å². The van der Waals surface area contributed by atoms with Gasteiger partial charge in [-0.15, -0.1) is 11.3 Å². The van der Waals surface area contributed by atoms with E-state index in [9.17, 15) is 4.39 Å². The lowest BCUT2D eigenvalue weighted by molar-refractivity contribution is 0.632. The third kappa shape index (κ3) is 1.84. The quantitative estimate of drug-likeness (QED) is 0.670. The van der Waals surface area contributed by atoms with Crippen LogP contribution in [0.25, 0.3) is 20.8 Å². The van der Waals surface area contributed by atoms with Crippen molar-refractivity contribution in [3.05, 3.63) is 47.8 Å². The topological polar surface area (TPSA) is 38.9 Å². The molecule has 2 nitrogen and oxygen atoms in total. The van der Waals surface area contributed by atoms with Crippen LogP contribution in [-0.2, 0) is 0 Å². The normalized spacial score (nSPS) is 11.0. The number of benzene rings is 2. The van der Waals surface area contributed by atoms with Crippen LogP contribution < -0.4 is 5.73 Å². The summed E-state index contributed by atoms with van der Waals surface area (Å²) in [5.74, 6) is -0.328. The molecule has 0 bridgehead atoms. The average molecular weight is 258 g/mol. The van der Waals surface area contributed by atoms with Crippen LogP contribution in [-0.4, -0.2) is 4.98 Å². The van der Waals surface area contributed by atoms with E-state index in [2.05, 4.69) is 4.98 Å². The Morgan fingerprint density at radius 2 is 2.00 bits per heavy atom. The van der Waals surface area contributed by atoms with Crippen molar-refractivity contribution in [2.24, 2.45) is 0 Å². The van der Waals surface area contributed by atoms with E-state index in [1.165, 1.54) is 17.4 Å². The van der Waals surface area contributed by atoms with E-state index >= 15 is 0 Å². The summed E-state index contributed by atoms with van der Waals surface area (Å²) in [7, 11) is 0. The Labute approximate surface area is 108 Å². The van der Waals surface area contributed by atoms with Gasteiger partial charge in [0.2, 0.25) is 0 Å². The van der Waals surface area contributed by atoms with Gasteiger partial charge in [0.25, 0.3) is 0 Å². The first kappa shape index (κ1) is 11.2. The molecule has 0 amide bonds. The van der Waals surface area contributed by atoms with Crippen molar-refractivity contribution in [2.45, 2.75) is 6.92 Å². The minimum atomic E-state index is -0.328. The van der Waals surface area contributed by atoms with Crippen LogP contribution >= 0.6 is 11.3 Å². The maximum Gasteiger partial charge on any atom is 0.135 e. The van der Waals surface area contributed by atoms with Crippen molar-refractivity contribution in [3.63, 3.8) is 0 Å². The molecule has 90 valence electrons. The molecule has 3 rings (SSSR count). The molecule has 0 radical (unpaired) electrons. The molecular formula is C14H11FN2S. The van der Waals surface area contributed by atoms with Gasteiger partial charge >= 0.3 is 0 Å². The van der Waals surface area contributed by atoms with Gasteiger partial charge in [0.05, 0.1) is 10.2 Å². The fourth-order valence-electron chi connectivity index (χ4n) is 1.86. The number of hydrogen-bond acceptors (Lipinski definition) is 3. The van der Waals surface area contributed by atoms with Gasteiger partial charge in [-0.1, -0.05) is 6.07 Å². The molecule has 0 saturated heterocycles. The third-order valence-corrected chi connectivity index (χ3v) is 3.84. The minimum absolute atomic E-state index is 0.328. The van der Waals surface area contributed by atoms with Crippen molar-refractivity contribution in [1.82, 2.24) is 4.98 Å². The second-order valence-electron chi connectivity index (χ2n) is 4.23. The standard InChI is InChI=1S/C14H11FN2S/c1-8-2-5-13-12(6-8)17-14(18-13)10-4-3-9(16)7-11(10)15/h2-7H,16H2,1H3. The monoisotopic (exact) mass is 258 g/mol. The molecule has 0 spiro atoms. The number of aryl methyl sites for hydroxylation is 1. The lowest BCUT2D eigenvalue weighted by Crippen LogP contribution is -1.88. The smallest absolute Gasteiger partial charge is 0.135 e. The van der Waals surface area contributed by atoms with Crippen LogP contribution in [0.4, 0.5) is 10.1 Å². The second kappa shape index (κ2) is 4.07. The first-order valence-corrected chi connectivity index (χ1v) is 6.38. The van der Waals surface area contributed by atoms with Crippen molar-refractivity contribution in [2.75, 3.05) is 5.73 Å². The molecule has 0 aliphatic carbocycles. The summed E-state index contributed by atoms with van der Waals surface area (Å²) >= 11 is 1.49. The van der Waals surface area contributed by atoms with Gasteiger partial charge in [0.15, 0.2) is 0 Å². The van der Waals surface area contributed by atoms with Crippen LogP contribution in [0.15, 0.2) is 36.4 Å². The number of nitrogens with two attached hydrogens (primary N) is 1. The van der Waals surface area contributed by atoms with E-state index in [1.54, 1.807) is 12.1 Å². The number of thiazole rings is 1. The number of hydrogen-bond donors (Lipinski definition) is 1. The maximum absolute atomic E-state index is 13.8. The summed E-state index contributed by atoms with van der Waals surface area (Å²) in [6, 6.07) is 10.7. The Kier molecular flexibility index (Phi) is 2.52. The lowest BCUT2D eigenvalue weighted by Gasteiger charge is -1.99. The van der Waals surface area contributed by atoms with E-state index in [1.807, 2.05) is 25.1 Å². The molecule has 18 heavy (non-hydrogen) atoms. The lowest BCUT2D eigenvalue weighted by atomic mass is 10.2. The van der Waals surface area contributed by atoms with Crippen molar-refractivity contribution in [1.29, 1.82) is 0 Å². The Morgan fingerprint density at radius 1 is 1.17 bits per heavy atom. The number of anilines is 1. The molecule has 2 N–H and O–H groups in total. The number of rotatable bonds is 1. The zero-order chi connectivity index (χ0) is 12.7. The van der Waals surface area contributed by atoms with Gasteiger partial charge in [0.1, 0.15) is 10.8 Å². The van der Waals surface area contributed by atoms with Gasteiger partial charge in [-0.3, -0.25) is 0 Å². The molecule has 0 atom stereocenters. The molecule has 0 unspecified atom stereocenters. The fraction of sp³-hybridized carbons (Fsp3) is 0.0714. The van der Waals surface area contributed by atoms with Crippen molar-refractivity contribution >= 4 is 27.2 Å². The Bertz CT molecular complexity index is 734. The Balaban J connectivity index is 2.19. The van der Waals surface area contributed by atoms with Gasteiger partial charge in [-0.05, 0) is 42.8 Å². The summed E-state index contributed by atoms with van der Waals surface area (Å²) < 4.78 is 14.9. The van der Waals surface area contributed by atoms with Crippen LogP contribution in [0.3, 0.4) is 0 Å². The number of halogens is 1. The zero-order valence-electron chi connectivity index (χ0n) is 9.77. The Morgan fingerprint density at radius 3 is 2.78 bits per heavy atom. The maximum atomic E-state index is 13.8. The molecule has 2 aromatic carbocycles. The van der Waals surface area contributed by atoms with Crippen molar-refractivity contribution in [3.8, 4) is 10.6 Å². The van der Waals surface area contributed by atoms with Crippen molar-refractivity contribution < 1.29 is 4.39 Å². The van der Waals surface area contributed by atoms with E-state index in [0.717, 1.165) is 15.8 Å². The molecule has 3 aromatic rings. The number of nitrogen functional groups attached to an aromatic ring is 1. The second-order valence-corrected chi connectivity index (χ2v) is 5.26. The van der Waals surface area contributed by atoms with Gasteiger partial charge in [-0.2, -0.15) is 0 Å². The van der Waals surface area contributed by atoms with Crippen LogP contribution in [0.2, 0.25) is 0 Å². The van der Waals surface area contributed by atoms with Crippen LogP contribution in [0.5, 0.6) is 0 Å². The Hall–Kier alpha value is -1.94. The molecule has 0 aliphatic rings. The highest BCUT2D eigenvalue weighted by molar-refractivity contribution is 7.21. The fourth-order valence-corrected chi connectivity index (χ4v) is 2.83. The molecule has 0 fully saturated rings. The summed E-state index contributed by atoms with van der Waals surface area (Å²) in [4.78, 5) is 4.47. The highest BCUT2D eigenvalue weighted by Gasteiger charge is 2.10. The predicted octanol–water partition coefficient (Wildman–Crippen LogP) is 3.99. The summed E-state index contributed by atoms with van der Waals surface area (Å²) in [5.41, 5.74) is 8.53. The SMILES string of the molecule is Cc1ccc2sc(-c3ccc(N)cc3F)nc2c1. The highest BCUT2D eigenvalue weighted by Crippen LogP contribution is 2.32. The highest BCUT2D eigenvalue weighted by atomic mass is 32.1. The van der Waals surface area contributed by atoms with Crippen LogP contribution in [0.1, 0.15) is 5.56 Å². The molecule has 1 aromatic heterocycles. The first-order chi connectivity index (χ1) is 8.63. The largest absolute Gasteiger partial charge is 0.399 e. The molecule has 0 saturated carbocycles. The summed E-state index contributed by atoms with van der Waals surface area (Å²) in [6.07, 6.45) is 0. The zero-order valence-corrected chi connectivity index (χ0v) is 10.6. The molecule has 4 heteroatoms. The molecular weight excluding hydrogens is 247 g/mol. The van der Waals surface area contributed by atoms with E-state index in [-0.39, 0.29) is 5.82 Å². The molecule has 0 aliphatic heterocycles. The summed E-state index contributed by atoms with van der Waals surface area (Å²) in [6.45, 7) is 2.02. The average Bonchev–Trinajstić information content (AvgIpc) is 2.71. The van der Waals surface area contributed by atoms with E-state index in [4.69, 9.17) is 5.73 Å². The number of fused-ring (bicyclic) bond motifs is 1. The van der Waals surface area contributed by atoms with Gasteiger partial charge < -0.3 is 5.73 Å². The first-order valence-electron chi connectivity index (χ1n) is 5.56.